The van der Waals surface area contributed by atoms with Gasteiger partial charge in [-0.1, -0.05) is 0 Å². The highest BCUT2D eigenvalue weighted by molar-refractivity contribution is 5.98. The van der Waals surface area contributed by atoms with Crippen LogP contribution in [0, 0.1) is 5.92 Å². The van der Waals surface area contributed by atoms with E-state index in [-0.39, 0.29) is 5.91 Å². The van der Waals surface area contributed by atoms with Crippen molar-refractivity contribution in [1.82, 2.24) is 10.2 Å². The molecule has 6 nitrogen and oxygen atoms in total. The minimum Gasteiger partial charge on any atom is -0.493 e. The summed E-state index contributed by atoms with van der Waals surface area (Å²) in [5, 5.41) is 3.21. The number of carbonyl (C=O) groups excluding carboxylic acids is 1. The molecule has 2 rings (SSSR count). The molecule has 1 aliphatic heterocycles. The van der Waals surface area contributed by atoms with Crippen LogP contribution in [0.25, 0.3) is 0 Å². The smallest absolute Gasteiger partial charge is 0.257 e. The summed E-state index contributed by atoms with van der Waals surface area (Å²) >= 11 is 0. The van der Waals surface area contributed by atoms with Crippen LogP contribution in [0.1, 0.15) is 23.2 Å². The second-order valence-corrected chi connectivity index (χ2v) is 5.68. The molecule has 23 heavy (non-hydrogen) atoms. The van der Waals surface area contributed by atoms with E-state index in [1.54, 1.807) is 19.2 Å². The highest BCUT2D eigenvalue weighted by Gasteiger charge is 2.27. The SMILES string of the molecule is CNCC1CCN(C(=O)c2ccc(OC)c(OC)c2OC)CC1. The van der Waals surface area contributed by atoms with Crippen molar-refractivity contribution in [2.75, 3.05) is 48.0 Å². The Hall–Kier alpha value is -1.95. The van der Waals surface area contributed by atoms with E-state index in [4.69, 9.17) is 14.2 Å². The third-order valence-electron chi connectivity index (χ3n) is 4.33. The lowest BCUT2D eigenvalue weighted by Crippen LogP contribution is -2.40. The number of methoxy groups -OCH3 is 3. The average molecular weight is 322 g/mol. The maximum atomic E-state index is 12.8. The number of nitrogens with one attached hydrogen (secondary N) is 1. The second-order valence-electron chi connectivity index (χ2n) is 5.68. The van der Waals surface area contributed by atoms with Crippen molar-refractivity contribution in [3.05, 3.63) is 17.7 Å². The fourth-order valence-corrected chi connectivity index (χ4v) is 3.07. The Bertz CT molecular complexity index is 540. The van der Waals surface area contributed by atoms with Gasteiger partial charge >= 0.3 is 0 Å². The zero-order chi connectivity index (χ0) is 16.8. The standard InChI is InChI=1S/C17H26N2O4/c1-18-11-12-7-9-19(10-8-12)17(20)13-5-6-14(21-2)16(23-4)15(13)22-3/h5-6,12,18H,7-11H2,1-4H3. The Morgan fingerprint density at radius 2 is 1.78 bits per heavy atom. The quantitative estimate of drug-likeness (QED) is 0.865. The lowest BCUT2D eigenvalue weighted by molar-refractivity contribution is 0.0687. The molecule has 1 aromatic rings. The maximum absolute atomic E-state index is 12.8. The van der Waals surface area contributed by atoms with Gasteiger partial charge in [-0.05, 0) is 44.5 Å². The molecule has 1 amide bonds. The van der Waals surface area contributed by atoms with Crippen LogP contribution in [0.15, 0.2) is 12.1 Å². The molecule has 1 heterocycles. The Labute approximate surface area is 137 Å². The summed E-state index contributed by atoms with van der Waals surface area (Å²) in [6.45, 7) is 2.53. The summed E-state index contributed by atoms with van der Waals surface area (Å²) in [6.07, 6.45) is 2.03. The Balaban J connectivity index is 2.20. The highest BCUT2D eigenvalue weighted by atomic mass is 16.5. The summed E-state index contributed by atoms with van der Waals surface area (Å²) in [5.74, 6) is 2.04. The molecule has 0 aliphatic carbocycles. The van der Waals surface area contributed by atoms with E-state index in [2.05, 4.69) is 5.32 Å². The fraction of sp³-hybridized carbons (Fsp3) is 0.588. The van der Waals surface area contributed by atoms with E-state index >= 15 is 0 Å². The van der Waals surface area contributed by atoms with Gasteiger partial charge in [0.05, 0.1) is 26.9 Å². The summed E-state index contributed by atoms with van der Waals surface area (Å²) in [4.78, 5) is 14.7. The van der Waals surface area contributed by atoms with E-state index in [0.717, 1.165) is 32.5 Å². The summed E-state index contributed by atoms with van der Waals surface area (Å²) in [7, 11) is 6.60. The molecule has 0 spiro atoms. The number of hydrogen-bond acceptors (Lipinski definition) is 5. The van der Waals surface area contributed by atoms with Crippen LogP contribution < -0.4 is 19.5 Å². The van der Waals surface area contributed by atoms with E-state index in [0.29, 0.717) is 28.7 Å². The van der Waals surface area contributed by atoms with E-state index in [9.17, 15) is 4.79 Å². The molecule has 1 aliphatic rings. The molecule has 1 aromatic carbocycles. The van der Waals surface area contributed by atoms with Gasteiger partial charge in [-0.2, -0.15) is 0 Å². The summed E-state index contributed by atoms with van der Waals surface area (Å²) in [6, 6.07) is 3.48. The summed E-state index contributed by atoms with van der Waals surface area (Å²) < 4.78 is 16.0. The van der Waals surface area contributed by atoms with Crippen molar-refractivity contribution in [2.24, 2.45) is 5.92 Å². The molecule has 128 valence electrons. The van der Waals surface area contributed by atoms with Gasteiger partial charge in [-0.15, -0.1) is 0 Å². The lowest BCUT2D eigenvalue weighted by Gasteiger charge is -2.32. The molecule has 0 aromatic heterocycles. The Morgan fingerprint density at radius 1 is 1.13 bits per heavy atom. The Kier molecular flexibility index (Phi) is 6.10. The van der Waals surface area contributed by atoms with Gasteiger partial charge < -0.3 is 24.4 Å². The number of amides is 1. The zero-order valence-electron chi connectivity index (χ0n) is 14.3. The first-order valence-electron chi connectivity index (χ1n) is 7.89. The fourth-order valence-electron chi connectivity index (χ4n) is 3.07. The third kappa shape index (κ3) is 3.69. The number of carbonyl (C=O) groups is 1. The second kappa shape index (κ2) is 8.06. The molecular weight excluding hydrogens is 296 g/mol. The Morgan fingerprint density at radius 3 is 2.30 bits per heavy atom. The number of ether oxygens (including phenoxy) is 3. The molecule has 1 fully saturated rings. The molecule has 1 saturated heterocycles. The van der Waals surface area contributed by atoms with Gasteiger partial charge in [-0.25, -0.2) is 0 Å². The molecule has 0 unspecified atom stereocenters. The molecule has 0 atom stereocenters. The number of likely N-dealkylation sites (tertiary alicyclic amines) is 1. The van der Waals surface area contributed by atoms with Crippen molar-refractivity contribution < 1.29 is 19.0 Å². The van der Waals surface area contributed by atoms with E-state index < -0.39 is 0 Å². The van der Waals surface area contributed by atoms with Gasteiger partial charge in [0.25, 0.3) is 5.91 Å². The molecule has 1 N–H and O–H groups in total. The predicted molar refractivity (Wildman–Crippen MR) is 88.7 cm³/mol. The van der Waals surface area contributed by atoms with E-state index in [1.807, 2.05) is 11.9 Å². The number of nitrogens with zero attached hydrogens (tertiary/aromatic N) is 1. The maximum Gasteiger partial charge on any atom is 0.257 e. The van der Waals surface area contributed by atoms with Crippen molar-refractivity contribution >= 4 is 5.91 Å². The topological polar surface area (TPSA) is 60.0 Å². The number of benzene rings is 1. The van der Waals surface area contributed by atoms with Crippen LogP contribution in [0.3, 0.4) is 0 Å². The third-order valence-corrected chi connectivity index (χ3v) is 4.33. The predicted octanol–water partition coefficient (Wildman–Crippen LogP) is 1.78. The van der Waals surface area contributed by atoms with Gasteiger partial charge in [-0.3, -0.25) is 4.79 Å². The number of piperidine rings is 1. The first-order chi connectivity index (χ1) is 11.2. The number of hydrogen-bond donors (Lipinski definition) is 1. The van der Waals surface area contributed by atoms with E-state index in [1.165, 1.54) is 14.2 Å². The van der Waals surface area contributed by atoms with Crippen LogP contribution in [-0.4, -0.2) is 58.8 Å². The minimum atomic E-state index is -0.0225. The molecule has 0 saturated carbocycles. The largest absolute Gasteiger partial charge is 0.493 e. The molecular formula is C17H26N2O4. The first kappa shape index (κ1) is 17.4. The molecule has 0 radical (unpaired) electrons. The van der Waals surface area contributed by atoms with Crippen molar-refractivity contribution in [3.8, 4) is 17.2 Å². The monoisotopic (exact) mass is 322 g/mol. The van der Waals surface area contributed by atoms with Gasteiger partial charge in [0.1, 0.15) is 0 Å². The normalized spacial score (nSPS) is 15.4. The lowest BCUT2D eigenvalue weighted by atomic mass is 9.96. The van der Waals surface area contributed by atoms with Crippen LogP contribution in [-0.2, 0) is 0 Å². The van der Waals surface area contributed by atoms with Crippen molar-refractivity contribution in [2.45, 2.75) is 12.8 Å². The van der Waals surface area contributed by atoms with Gasteiger partial charge in [0, 0.05) is 13.1 Å². The van der Waals surface area contributed by atoms with Crippen LogP contribution in [0.4, 0.5) is 0 Å². The first-order valence-corrected chi connectivity index (χ1v) is 7.89. The average Bonchev–Trinajstić information content (AvgIpc) is 2.60. The van der Waals surface area contributed by atoms with Gasteiger partial charge in [0.2, 0.25) is 5.75 Å². The van der Waals surface area contributed by atoms with Gasteiger partial charge in [0.15, 0.2) is 11.5 Å². The van der Waals surface area contributed by atoms with Crippen molar-refractivity contribution in [3.63, 3.8) is 0 Å². The molecule has 0 bridgehead atoms. The molecule has 6 heteroatoms. The highest BCUT2D eigenvalue weighted by Crippen LogP contribution is 2.40. The van der Waals surface area contributed by atoms with Crippen LogP contribution >= 0.6 is 0 Å². The number of rotatable bonds is 6. The van der Waals surface area contributed by atoms with Crippen LogP contribution in [0.5, 0.6) is 17.2 Å². The zero-order valence-corrected chi connectivity index (χ0v) is 14.3. The minimum absolute atomic E-state index is 0.0225. The summed E-state index contributed by atoms with van der Waals surface area (Å²) in [5.41, 5.74) is 0.511. The van der Waals surface area contributed by atoms with Crippen molar-refractivity contribution in [1.29, 1.82) is 0 Å². The van der Waals surface area contributed by atoms with Crippen LogP contribution in [0.2, 0.25) is 0 Å².